The molecule has 110 valence electrons. The molecular formula is C15H27NO3. The molecule has 2 rings (SSSR count). The minimum absolute atomic E-state index is 0.125. The zero-order valence-electron chi connectivity index (χ0n) is 12.4. The van der Waals surface area contributed by atoms with Crippen molar-refractivity contribution in [3.8, 4) is 0 Å². The van der Waals surface area contributed by atoms with E-state index in [4.69, 9.17) is 4.74 Å². The number of rotatable bonds is 5. The molecule has 0 amide bonds. The predicted molar refractivity (Wildman–Crippen MR) is 73.8 cm³/mol. The Kier molecular flexibility index (Phi) is 4.51. The lowest BCUT2D eigenvalue weighted by Gasteiger charge is -2.46. The van der Waals surface area contributed by atoms with Gasteiger partial charge in [-0.25, -0.2) is 0 Å². The Balaban J connectivity index is 2.00. The molecule has 0 unspecified atom stereocenters. The van der Waals surface area contributed by atoms with Gasteiger partial charge in [0, 0.05) is 12.1 Å². The first-order valence-electron chi connectivity index (χ1n) is 7.59. The molecule has 2 saturated heterocycles. The Bertz CT molecular complexity index is 333. The number of nitrogens with zero attached hydrogens (tertiary/aromatic N) is 1. The van der Waals surface area contributed by atoms with Crippen molar-refractivity contribution >= 4 is 5.97 Å². The van der Waals surface area contributed by atoms with Crippen LogP contribution in [0.5, 0.6) is 0 Å². The maximum absolute atomic E-state index is 12.4. The van der Waals surface area contributed by atoms with Crippen LogP contribution in [0.2, 0.25) is 0 Å². The van der Waals surface area contributed by atoms with Crippen LogP contribution in [0.4, 0.5) is 0 Å². The number of fused-ring (bicyclic) bond motifs is 2. The van der Waals surface area contributed by atoms with Gasteiger partial charge >= 0.3 is 5.97 Å². The molecule has 4 nitrogen and oxygen atoms in total. The Hall–Kier alpha value is -0.610. The first-order valence-corrected chi connectivity index (χ1v) is 7.59. The van der Waals surface area contributed by atoms with Crippen LogP contribution in [0.1, 0.15) is 52.4 Å². The number of aliphatic hydroxyl groups is 1. The second-order valence-electron chi connectivity index (χ2n) is 6.29. The summed E-state index contributed by atoms with van der Waals surface area (Å²) in [5.41, 5.74) is -0.756. The lowest BCUT2D eigenvalue weighted by Crippen LogP contribution is -2.59. The molecule has 2 bridgehead atoms. The van der Waals surface area contributed by atoms with E-state index in [-0.39, 0.29) is 12.0 Å². The maximum atomic E-state index is 12.4. The van der Waals surface area contributed by atoms with E-state index in [1.54, 1.807) is 0 Å². The summed E-state index contributed by atoms with van der Waals surface area (Å²) in [4.78, 5) is 14.7. The maximum Gasteiger partial charge on any atom is 0.316 e. The first kappa shape index (κ1) is 14.8. The molecule has 1 N–H and O–H groups in total. The highest BCUT2D eigenvalue weighted by Gasteiger charge is 2.57. The summed E-state index contributed by atoms with van der Waals surface area (Å²) in [5.74, 6) is -0.215. The molecule has 2 aliphatic rings. The Morgan fingerprint density at radius 1 is 1.42 bits per heavy atom. The molecule has 0 aromatic heterocycles. The quantitative estimate of drug-likeness (QED) is 0.612. The highest BCUT2D eigenvalue weighted by molar-refractivity contribution is 5.78. The molecule has 0 saturated carbocycles. The van der Waals surface area contributed by atoms with E-state index in [2.05, 4.69) is 18.9 Å². The molecule has 19 heavy (non-hydrogen) atoms. The van der Waals surface area contributed by atoms with Gasteiger partial charge in [0.05, 0.1) is 12.7 Å². The van der Waals surface area contributed by atoms with E-state index >= 15 is 0 Å². The number of carbonyl (C=O) groups excluding carboxylic acids is 1. The van der Waals surface area contributed by atoms with E-state index in [1.165, 1.54) is 0 Å². The van der Waals surface area contributed by atoms with E-state index in [0.29, 0.717) is 19.1 Å². The van der Waals surface area contributed by atoms with E-state index in [9.17, 15) is 9.90 Å². The van der Waals surface area contributed by atoms with Gasteiger partial charge in [0.1, 0.15) is 5.41 Å². The highest BCUT2D eigenvalue weighted by atomic mass is 16.5. The number of piperidine rings is 1. The van der Waals surface area contributed by atoms with Crippen LogP contribution in [0, 0.1) is 5.41 Å². The SMILES string of the molecule is CCCCCOC(=O)[C@@]1(C)[C@@H](O)C[C@@H]2CC[C@H]1N2C. The highest BCUT2D eigenvalue weighted by Crippen LogP contribution is 2.46. The van der Waals surface area contributed by atoms with Gasteiger partial charge in [-0.3, -0.25) is 9.69 Å². The number of ether oxygens (including phenoxy) is 1. The molecule has 0 aliphatic carbocycles. The molecule has 2 fully saturated rings. The van der Waals surface area contributed by atoms with Crippen LogP contribution >= 0.6 is 0 Å². The van der Waals surface area contributed by atoms with Crippen molar-refractivity contribution in [3.05, 3.63) is 0 Å². The number of hydrogen-bond donors (Lipinski definition) is 1. The molecule has 2 aliphatic heterocycles. The summed E-state index contributed by atoms with van der Waals surface area (Å²) in [6, 6.07) is 0.556. The van der Waals surface area contributed by atoms with Crippen LogP contribution in [0.15, 0.2) is 0 Å². The van der Waals surface area contributed by atoms with Gasteiger partial charge < -0.3 is 9.84 Å². The fourth-order valence-corrected chi connectivity index (χ4v) is 3.69. The van der Waals surface area contributed by atoms with E-state index in [1.807, 2.05) is 6.92 Å². The number of unbranched alkanes of at least 4 members (excludes halogenated alkanes) is 2. The topological polar surface area (TPSA) is 49.8 Å². The average molecular weight is 269 g/mol. The van der Waals surface area contributed by atoms with Crippen LogP contribution in [0.25, 0.3) is 0 Å². The summed E-state index contributed by atoms with van der Waals surface area (Å²) in [7, 11) is 2.07. The third-order valence-electron chi connectivity index (χ3n) is 5.14. The monoisotopic (exact) mass is 269 g/mol. The lowest BCUT2D eigenvalue weighted by atomic mass is 9.73. The van der Waals surface area contributed by atoms with Crippen molar-refractivity contribution in [2.45, 2.75) is 70.6 Å². The number of aliphatic hydroxyl groups excluding tert-OH is 1. The summed E-state index contributed by atoms with van der Waals surface area (Å²) in [6.07, 6.45) is 5.29. The minimum atomic E-state index is -0.756. The van der Waals surface area contributed by atoms with Crippen molar-refractivity contribution in [2.24, 2.45) is 5.41 Å². The molecule has 4 heteroatoms. The number of esters is 1. The Morgan fingerprint density at radius 2 is 2.16 bits per heavy atom. The Labute approximate surface area is 116 Å². The smallest absolute Gasteiger partial charge is 0.316 e. The summed E-state index contributed by atoms with van der Waals surface area (Å²) >= 11 is 0. The number of hydrogen-bond acceptors (Lipinski definition) is 4. The van der Waals surface area contributed by atoms with Crippen molar-refractivity contribution in [2.75, 3.05) is 13.7 Å². The summed E-state index contributed by atoms with van der Waals surface area (Å²) < 4.78 is 5.43. The van der Waals surface area contributed by atoms with Gasteiger partial charge in [-0.2, -0.15) is 0 Å². The Morgan fingerprint density at radius 3 is 2.84 bits per heavy atom. The fourth-order valence-electron chi connectivity index (χ4n) is 3.69. The first-order chi connectivity index (χ1) is 9.01. The van der Waals surface area contributed by atoms with Gasteiger partial charge in [-0.1, -0.05) is 19.8 Å². The van der Waals surface area contributed by atoms with Gasteiger partial charge in [0.2, 0.25) is 0 Å². The normalized spacial score (nSPS) is 38.4. The van der Waals surface area contributed by atoms with Gasteiger partial charge in [0.15, 0.2) is 0 Å². The average Bonchev–Trinajstić information content (AvgIpc) is 2.67. The third kappa shape index (κ3) is 2.52. The van der Waals surface area contributed by atoms with Crippen LogP contribution in [-0.2, 0) is 9.53 Å². The molecular weight excluding hydrogens is 242 g/mol. The van der Waals surface area contributed by atoms with E-state index in [0.717, 1.165) is 32.1 Å². The number of carbonyl (C=O) groups is 1. The molecule has 2 heterocycles. The molecule has 0 spiro atoms. The van der Waals surface area contributed by atoms with Crippen molar-refractivity contribution in [1.29, 1.82) is 0 Å². The summed E-state index contributed by atoms with van der Waals surface area (Å²) in [5, 5.41) is 10.4. The van der Waals surface area contributed by atoms with Crippen molar-refractivity contribution < 1.29 is 14.6 Å². The van der Waals surface area contributed by atoms with Crippen LogP contribution in [0.3, 0.4) is 0 Å². The fraction of sp³-hybridized carbons (Fsp3) is 0.933. The molecule has 0 radical (unpaired) electrons. The zero-order valence-corrected chi connectivity index (χ0v) is 12.4. The van der Waals surface area contributed by atoms with E-state index < -0.39 is 11.5 Å². The largest absolute Gasteiger partial charge is 0.465 e. The van der Waals surface area contributed by atoms with Gasteiger partial charge in [0.25, 0.3) is 0 Å². The summed E-state index contributed by atoms with van der Waals surface area (Å²) in [6.45, 7) is 4.49. The predicted octanol–water partition coefficient (Wildman–Crippen LogP) is 1.95. The van der Waals surface area contributed by atoms with Crippen molar-refractivity contribution in [1.82, 2.24) is 4.90 Å². The van der Waals surface area contributed by atoms with Crippen LogP contribution < -0.4 is 0 Å². The zero-order chi connectivity index (χ0) is 14.0. The lowest BCUT2D eigenvalue weighted by molar-refractivity contribution is -0.173. The second kappa shape index (κ2) is 5.80. The molecule has 4 atom stereocenters. The minimum Gasteiger partial charge on any atom is -0.465 e. The van der Waals surface area contributed by atoms with Crippen molar-refractivity contribution in [3.63, 3.8) is 0 Å². The van der Waals surface area contributed by atoms with Crippen LogP contribution in [-0.4, -0.2) is 47.8 Å². The molecule has 0 aromatic carbocycles. The molecule has 0 aromatic rings. The van der Waals surface area contributed by atoms with Gasteiger partial charge in [-0.05, 0) is 39.7 Å². The second-order valence-corrected chi connectivity index (χ2v) is 6.29. The standard InChI is InChI=1S/C15H27NO3/c1-4-5-6-9-19-14(18)15(2)12-8-7-11(16(12)3)10-13(15)17/h11-13,17H,4-10H2,1-3H3/t11-,12+,13-,15+/m0/s1. The van der Waals surface area contributed by atoms with Gasteiger partial charge in [-0.15, -0.1) is 0 Å². The third-order valence-corrected chi connectivity index (χ3v) is 5.14.